The largest absolute Gasteiger partial charge is 0.326 e. The molecule has 2 aromatic heterocycles. The Morgan fingerprint density at radius 3 is 2.77 bits per heavy atom. The van der Waals surface area contributed by atoms with Crippen molar-refractivity contribution >= 4 is 40.8 Å². The zero-order chi connectivity index (χ0) is 22.6. The third-order valence-corrected chi connectivity index (χ3v) is 5.60. The summed E-state index contributed by atoms with van der Waals surface area (Å²) < 4.78 is 1.98. The zero-order valence-corrected chi connectivity index (χ0v) is 20.0. The molecule has 0 bridgehead atoms. The lowest BCUT2D eigenvalue weighted by molar-refractivity contribution is 0.518. The van der Waals surface area contributed by atoms with Gasteiger partial charge in [0.2, 0.25) is 0 Å². The number of rotatable bonds is 7. The first-order chi connectivity index (χ1) is 14.7. The van der Waals surface area contributed by atoms with Gasteiger partial charge in [0.25, 0.3) is 0 Å². The van der Waals surface area contributed by atoms with Crippen LogP contribution in [0.1, 0.15) is 52.9 Å². The van der Waals surface area contributed by atoms with Gasteiger partial charge < -0.3 is 10.2 Å². The lowest BCUT2D eigenvalue weighted by Gasteiger charge is -2.21. The second-order valence-electron chi connectivity index (χ2n) is 8.41. The summed E-state index contributed by atoms with van der Waals surface area (Å²) in [5.74, 6) is 1.74. The molecule has 8 heteroatoms. The fourth-order valence-electron chi connectivity index (χ4n) is 3.01. The van der Waals surface area contributed by atoms with Crippen molar-refractivity contribution in [3.8, 4) is 0 Å². The molecule has 3 rings (SSSR count). The maximum Gasteiger partial charge on any atom is 0.188 e. The highest BCUT2D eigenvalue weighted by Gasteiger charge is 2.20. The van der Waals surface area contributed by atoms with E-state index in [1.165, 1.54) is 0 Å². The lowest BCUT2D eigenvalue weighted by atomic mass is 9.92. The summed E-state index contributed by atoms with van der Waals surface area (Å²) in [6.07, 6.45) is 7.82. The average molecular weight is 438 g/mol. The molecule has 0 saturated heterocycles. The van der Waals surface area contributed by atoms with Gasteiger partial charge in [0.05, 0.1) is 23.6 Å². The quantitative estimate of drug-likeness (QED) is 0.452. The highest BCUT2D eigenvalue weighted by atomic mass is 32.1. The van der Waals surface area contributed by atoms with Crippen molar-refractivity contribution in [2.75, 3.05) is 11.9 Å². The molecule has 3 heterocycles. The molecule has 1 aliphatic rings. The summed E-state index contributed by atoms with van der Waals surface area (Å²) in [4.78, 5) is 15.2. The minimum atomic E-state index is 0.00137. The molecule has 31 heavy (non-hydrogen) atoms. The summed E-state index contributed by atoms with van der Waals surface area (Å²) >= 11 is 1.58. The molecule has 1 N–H and O–H groups in total. The Hall–Kier alpha value is -3.00. The first-order valence-electron chi connectivity index (χ1n) is 10.4. The van der Waals surface area contributed by atoms with Crippen LogP contribution < -0.4 is 5.32 Å². The summed E-state index contributed by atoms with van der Waals surface area (Å²) in [6, 6.07) is 2.11. The van der Waals surface area contributed by atoms with E-state index >= 15 is 0 Å². The van der Waals surface area contributed by atoms with Crippen LogP contribution in [0.5, 0.6) is 0 Å². The number of aromatic nitrogens is 3. The van der Waals surface area contributed by atoms with Gasteiger partial charge in [-0.3, -0.25) is 4.99 Å². The first-order valence-corrected chi connectivity index (χ1v) is 11.2. The number of hydrogen-bond donors (Lipinski definition) is 1. The molecule has 0 atom stereocenters. The van der Waals surface area contributed by atoms with Gasteiger partial charge in [0, 0.05) is 35.8 Å². The van der Waals surface area contributed by atoms with Crippen LogP contribution >= 0.6 is 11.3 Å². The fourth-order valence-corrected chi connectivity index (χ4v) is 3.79. The molecule has 0 amide bonds. The van der Waals surface area contributed by atoms with E-state index in [1.807, 2.05) is 48.0 Å². The minimum absolute atomic E-state index is 0.00137. The van der Waals surface area contributed by atoms with E-state index in [2.05, 4.69) is 61.2 Å². The molecule has 7 nitrogen and oxygen atoms in total. The number of allylic oxidation sites excluding steroid dienone is 4. The van der Waals surface area contributed by atoms with Gasteiger partial charge in [0.1, 0.15) is 11.6 Å². The molecule has 0 unspecified atom stereocenters. The molecular weight excluding hydrogens is 406 g/mol. The monoisotopic (exact) mass is 437 g/mol. The predicted octanol–water partition coefficient (Wildman–Crippen LogP) is 5.59. The summed E-state index contributed by atoms with van der Waals surface area (Å²) in [7, 11) is 0. The van der Waals surface area contributed by atoms with Crippen LogP contribution in [0.2, 0.25) is 0 Å². The SMILES string of the molecule is C=N/C(=C\C=C(/C)c1csc(Nc2cc(C(C)(C)C)nn2CC)n1)N1C=C(C)N=CC1. The summed E-state index contributed by atoms with van der Waals surface area (Å²) in [6.45, 7) is 17.8. The van der Waals surface area contributed by atoms with Crippen LogP contribution in [0.4, 0.5) is 10.9 Å². The van der Waals surface area contributed by atoms with Crippen LogP contribution in [0.25, 0.3) is 5.57 Å². The smallest absolute Gasteiger partial charge is 0.188 e. The first kappa shape index (κ1) is 22.7. The standard InChI is InChI=1S/C23H31N7S/c1-8-30-21(13-19(28-30)23(4,5)6)27-22-26-18(15-31-22)16(2)9-10-20(24-7)29-12-11-25-17(3)14-29/h9-11,13-15H,7-8,12H2,1-6H3,(H,26,27)/b16-9+,20-10+. The van der Waals surface area contributed by atoms with Crippen molar-refractivity contribution in [2.45, 2.75) is 53.5 Å². The van der Waals surface area contributed by atoms with Gasteiger partial charge in [0.15, 0.2) is 5.13 Å². The van der Waals surface area contributed by atoms with Gasteiger partial charge in [-0.15, -0.1) is 11.3 Å². The number of aryl methyl sites for hydroxylation is 1. The molecule has 164 valence electrons. The number of anilines is 2. The van der Waals surface area contributed by atoms with Crippen LogP contribution in [-0.2, 0) is 12.0 Å². The lowest BCUT2D eigenvalue weighted by Crippen LogP contribution is -2.20. The van der Waals surface area contributed by atoms with E-state index in [1.54, 1.807) is 11.3 Å². The molecule has 0 aliphatic carbocycles. The number of nitrogens with zero attached hydrogens (tertiary/aromatic N) is 6. The molecule has 1 aliphatic heterocycles. The van der Waals surface area contributed by atoms with Crippen LogP contribution in [-0.4, -0.2) is 39.1 Å². The Balaban J connectivity index is 1.76. The molecule has 2 aromatic rings. The van der Waals surface area contributed by atoms with Crippen molar-refractivity contribution < 1.29 is 0 Å². The number of hydrogen-bond acceptors (Lipinski definition) is 7. The average Bonchev–Trinajstić information content (AvgIpc) is 3.35. The Morgan fingerprint density at radius 2 is 2.13 bits per heavy atom. The van der Waals surface area contributed by atoms with Crippen LogP contribution in [0.15, 0.2) is 51.3 Å². The van der Waals surface area contributed by atoms with Gasteiger partial charge >= 0.3 is 0 Å². The Kier molecular flexibility index (Phi) is 6.90. The predicted molar refractivity (Wildman–Crippen MR) is 132 cm³/mol. The van der Waals surface area contributed by atoms with E-state index in [0.717, 1.165) is 46.0 Å². The van der Waals surface area contributed by atoms with E-state index in [9.17, 15) is 0 Å². The van der Waals surface area contributed by atoms with E-state index in [0.29, 0.717) is 6.54 Å². The number of thiazole rings is 1. The topological polar surface area (TPSA) is 70.7 Å². The Labute approximate surface area is 188 Å². The number of aliphatic imine (C=N–C) groups is 2. The van der Waals surface area contributed by atoms with Crippen molar-refractivity contribution in [3.63, 3.8) is 0 Å². The fraction of sp³-hybridized carbons (Fsp3) is 0.391. The van der Waals surface area contributed by atoms with Crippen molar-refractivity contribution in [1.82, 2.24) is 19.7 Å². The van der Waals surface area contributed by atoms with Crippen LogP contribution in [0, 0.1) is 0 Å². The van der Waals surface area contributed by atoms with Crippen LogP contribution in [0.3, 0.4) is 0 Å². The van der Waals surface area contributed by atoms with Gasteiger partial charge in [-0.2, -0.15) is 5.10 Å². The van der Waals surface area contributed by atoms with Crippen molar-refractivity contribution in [1.29, 1.82) is 0 Å². The maximum atomic E-state index is 4.76. The molecular formula is C23H31N7S. The molecule has 0 aromatic carbocycles. The minimum Gasteiger partial charge on any atom is -0.326 e. The Morgan fingerprint density at radius 1 is 1.35 bits per heavy atom. The molecule has 0 spiro atoms. The zero-order valence-electron chi connectivity index (χ0n) is 19.2. The highest BCUT2D eigenvalue weighted by Crippen LogP contribution is 2.28. The summed E-state index contributed by atoms with van der Waals surface area (Å²) in [5, 5.41) is 11.0. The second kappa shape index (κ2) is 9.43. The summed E-state index contributed by atoms with van der Waals surface area (Å²) in [5.41, 5.74) is 3.99. The van der Waals surface area contributed by atoms with E-state index in [4.69, 9.17) is 10.1 Å². The van der Waals surface area contributed by atoms with Gasteiger partial charge in [-0.25, -0.2) is 14.7 Å². The molecule has 0 fully saturated rings. The highest BCUT2D eigenvalue weighted by molar-refractivity contribution is 7.13. The van der Waals surface area contributed by atoms with Crippen molar-refractivity contribution in [3.05, 3.63) is 52.7 Å². The van der Waals surface area contributed by atoms with Crippen molar-refractivity contribution in [2.24, 2.45) is 9.98 Å². The Bertz CT molecular complexity index is 1060. The second-order valence-corrected chi connectivity index (χ2v) is 9.27. The molecule has 0 radical (unpaired) electrons. The third kappa shape index (κ3) is 5.58. The third-order valence-electron chi connectivity index (χ3n) is 4.85. The van der Waals surface area contributed by atoms with Gasteiger partial charge in [-0.05, 0) is 39.1 Å². The number of nitrogens with one attached hydrogen (secondary N) is 1. The van der Waals surface area contributed by atoms with Gasteiger partial charge in [-0.1, -0.05) is 26.8 Å². The normalized spacial score (nSPS) is 15.3. The van der Waals surface area contributed by atoms with E-state index in [-0.39, 0.29) is 5.41 Å². The maximum absolute atomic E-state index is 4.76. The van der Waals surface area contributed by atoms with E-state index < -0.39 is 0 Å². The molecule has 0 saturated carbocycles.